The SMILES string of the molecule is CCOc1cc(C=NNC(N)=S)ccc1OC(C)C. The van der Waals surface area contributed by atoms with Crippen molar-refractivity contribution in [2.24, 2.45) is 10.8 Å². The third-order valence-electron chi connectivity index (χ3n) is 2.02. The Balaban J connectivity index is 2.88. The predicted octanol–water partition coefficient (Wildman–Crippen LogP) is 2.04. The molecule has 6 heteroatoms. The van der Waals surface area contributed by atoms with E-state index < -0.39 is 0 Å². The highest BCUT2D eigenvalue weighted by atomic mass is 32.1. The first-order valence-corrected chi connectivity index (χ1v) is 6.45. The van der Waals surface area contributed by atoms with Crippen LogP contribution in [0.3, 0.4) is 0 Å². The maximum atomic E-state index is 5.67. The highest BCUT2D eigenvalue weighted by molar-refractivity contribution is 7.80. The summed E-state index contributed by atoms with van der Waals surface area (Å²) in [7, 11) is 0. The predicted molar refractivity (Wildman–Crippen MR) is 80.9 cm³/mol. The van der Waals surface area contributed by atoms with Crippen LogP contribution in [0.5, 0.6) is 11.5 Å². The van der Waals surface area contributed by atoms with Gasteiger partial charge in [-0.15, -0.1) is 0 Å². The van der Waals surface area contributed by atoms with Gasteiger partial charge in [0, 0.05) is 0 Å². The van der Waals surface area contributed by atoms with E-state index >= 15 is 0 Å². The Hall–Kier alpha value is -1.82. The van der Waals surface area contributed by atoms with Crippen molar-refractivity contribution in [3.05, 3.63) is 23.8 Å². The maximum absolute atomic E-state index is 5.67. The number of nitrogens with zero attached hydrogens (tertiary/aromatic N) is 1. The lowest BCUT2D eigenvalue weighted by molar-refractivity contribution is 0.224. The van der Waals surface area contributed by atoms with Crippen LogP contribution in [0.25, 0.3) is 0 Å². The summed E-state index contributed by atoms with van der Waals surface area (Å²) in [6.45, 7) is 6.43. The first kappa shape index (κ1) is 15.2. The maximum Gasteiger partial charge on any atom is 0.184 e. The number of benzene rings is 1. The second-order valence-electron chi connectivity index (χ2n) is 4.04. The van der Waals surface area contributed by atoms with Gasteiger partial charge in [-0.2, -0.15) is 5.10 Å². The van der Waals surface area contributed by atoms with Gasteiger partial charge >= 0.3 is 0 Å². The second kappa shape index (κ2) is 7.58. The molecule has 0 unspecified atom stereocenters. The fourth-order valence-corrected chi connectivity index (χ4v) is 1.45. The molecule has 0 aliphatic rings. The van der Waals surface area contributed by atoms with Gasteiger partial charge in [-0.3, -0.25) is 5.43 Å². The first-order valence-electron chi connectivity index (χ1n) is 6.05. The fourth-order valence-electron chi connectivity index (χ4n) is 1.39. The van der Waals surface area contributed by atoms with E-state index in [0.717, 1.165) is 11.3 Å². The molecule has 0 amide bonds. The minimum atomic E-state index is 0.0926. The van der Waals surface area contributed by atoms with E-state index in [4.69, 9.17) is 15.2 Å². The van der Waals surface area contributed by atoms with Crippen molar-refractivity contribution < 1.29 is 9.47 Å². The number of nitrogens with one attached hydrogen (secondary N) is 1. The first-order chi connectivity index (χ1) is 9.02. The number of thiocarbonyl (C=S) groups is 1. The van der Waals surface area contributed by atoms with Gasteiger partial charge in [-0.1, -0.05) is 0 Å². The normalized spacial score (nSPS) is 10.7. The number of hydrogen-bond acceptors (Lipinski definition) is 4. The molecule has 0 saturated heterocycles. The van der Waals surface area contributed by atoms with Crippen LogP contribution in [0.15, 0.2) is 23.3 Å². The monoisotopic (exact) mass is 281 g/mol. The van der Waals surface area contributed by atoms with Gasteiger partial charge in [0.25, 0.3) is 0 Å². The molecule has 0 heterocycles. The molecule has 19 heavy (non-hydrogen) atoms. The van der Waals surface area contributed by atoms with Crippen LogP contribution in [0.4, 0.5) is 0 Å². The Bertz CT molecular complexity index is 461. The Morgan fingerprint density at radius 3 is 2.79 bits per heavy atom. The van der Waals surface area contributed by atoms with Crippen LogP contribution >= 0.6 is 12.2 Å². The van der Waals surface area contributed by atoms with Crippen molar-refractivity contribution in [1.82, 2.24) is 5.43 Å². The smallest absolute Gasteiger partial charge is 0.184 e. The summed E-state index contributed by atoms with van der Waals surface area (Å²) >= 11 is 4.65. The van der Waals surface area contributed by atoms with Crippen LogP contribution < -0.4 is 20.6 Å². The second-order valence-corrected chi connectivity index (χ2v) is 4.48. The molecule has 0 saturated carbocycles. The molecule has 0 spiro atoms. The van der Waals surface area contributed by atoms with Crippen molar-refractivity contribution in [1.29, 1.82) is 0 Å². The number of hydrazone groups is 1. The van der Waals surface area contributed by atoms with E-state index in [9.17, 15) is 0 Å². The lowest BCUT2D eigenvalue weighted by Gasteiger charge is -2.14. The minimum Gasteiger partial charge on any atom is -0.490 e. The Morgan fingerprint density at radius 2 is 2.21 bits per heavy atom. The molecule has 0 fully saturated rings. The summed E-state index contributed by atoms with van der Waals surface area (Å²) in [6.07, 6.45) is 1.70. The van der Waals surface area contributed by atoms with E-state index in [0.29, 0.717) is 12.4 Å². The van der Waals surface area contributed by atoms with Gasteiger partial charge in [-0.05, 0) is 56.8 Å². The Labute approximate surface area is 118 Å². The zero-order valence-corrected chi connectivity index (χ0v) is 12.2. The van der Waals surface area contributed by atoms with Crippen molar-refractivity contribution in [2.45, 2.75) is 26.9 Å². The highest BCUT2D eigenvalue weighted by Gasteiger charge is 2.07. The number of nitrogens with two attached hydrogens (primary N) is 1. The molecule has 0 aromatic heterocycles. The van der Waals surface area contributed by atoms with E-state index in [1.807, 2.05) is 39.0 Å². The van der Waals surface area contributed by atoms with Gasteiger partial charge in [-0.25, -0.2) is 0 Å². The standard InChI is InChI=1S/C13H19N3O2S/c1-4-17-12-7-10(8-15-16-13(14)19)5-6-11(12)18-9(2)3/h5-9H,4H2,1-3H3,(H3,14,16,19). The number of ether oxygens (including phenoxy) is 2. The molecule has 104 valence electrons. The summed E-state index contributed by atoms with van der Waals surface area (Å²) in [5.74, 6) is 1.41. The van der Waals surface area contributed by atoms with E-state index in [1.54, 1.807) is 6.21 Å². The minimum absolute atomic E-state index is 0.0926. The van der Waals surface area contributed by atoms with Crippen molar-refractivity contribution in [2.75, 3.05) is 6.61 Å². The van der Waals surface area contributed by atoms with Gasteiger partial charge in [0.2, 0.25) is 0 Å². The lowest BCUT2D eigenvalue weighted by Crippen LogP contribution is -2.23. The molecular weight excluding hydrogens is 262 g/mol. The van der Waals surface area contributed by atoms with Crippen LogP contribution in [0, 0.1) is 0 Å². The number of hydrogen-bond donors (Lipinski definition) is 2. The molecule has 1 aromatic rings. The van der Waals surface area contributed by atoms with Gasteiger partial charge in [0.1, 0.15) is 0 Å². The molecule has 0 radical (unpaired) electrons. The van der Waals surface area contributed by atoms with Crippen molar-refractivity contribution >= 4 is 23.5 Å². The molecular formula is C13H19N3O2S. The zero-order valence-electron chi connectivity index (χ0n) is 11.3. The summed E-state index contributed by atoms with van der Waals surface area (Å²) in [5, 5.41) is 4.02. The van der Waals surface area contributed by atoms with Gasteiger partial charge in [0.05, 0.1) is 18.9 Å². The molecule has 5 nitrogen and oxygen atoms in total. The molecule has 0 atom stereocenters. The summed E-state index contributed by atoms with van der Waals surface area (Å²) in [6, 6.07) is 5.59. The molecule has 1 aromatic carbocycles. The fraction of sp³-hybridized carbons (Fsp3) is 0.385. The average molecular weight is 281 g/mol. The van der Waals surface area contributed by atoms with E-state index in [2.05, 4.69) is 22.7 Å². The lowest BCUT2D eigenvalue weighted by atomic mass is 10.2. The van der Waals surface area contributed by atoms with Crippen LogP contribution in [0.2, 0.25) is 0 Å². The average Bonchev–Trinajstić information content (AvgIpc) is 2.31. The van der Waals surface area contributed by atoms with Crippen molar-refractivity contribution in [3.8, 4) is 11.5 Å². The summed E-state index contributed by atoms with van der Waals surface area (Å²) < 4.78 is 11.2. The van der Waals surface area contributed by atoms with Crippen LogP contribution in [-0.2, 0) is 0 Å². The van der Waals surface area contributed by atoms with Crippen molar-refractivity contribution in [3.63, 3.8) is 0 Å². The summed E-state index contributed by atoms with van der Waals surface area (Å²) in [5.41, 5.74) is 8.64. The zero-order chi connectivity index (χ0) is 14.3. The Morgan fingerprint density at radius 1 is 1.47 bits per heavy atom. The molecule has 1 rings (SSSR count). The largest absolute Gasteiger partial charge is 0.490 e. The van der Waals surface area contributed by atoms with E-state index in [1.165, 1.54) is 0 Å². The topological polar surface area (TPSA) is 68.9 Å². The molecule has 0 aliphatic heterocycles. The van der Waals surface area contributed by atoms with Gasteiger partial charge in [0.15, 0.2) is 16.6 Å². The van der Waals surface area contributed by atoms with Crippen LogP contribution in [0.1, 0.15) is 26.3 Å². The Kier molecular flexibility index (Phi) is 6.08. The molecule has 0 aliphatic carbocycles. The number of rotatable bonds is 6. The summed E-state index contributed by atoms with van der Waals surface area (Å²) in [4.78, 5) is 0. The third-order valence-corrected chi connectivity index (χ3v) is 2.11. The van der Waals surface area contributed by atoms with E-state index in [-0.39, 0.29) is 11.2 Å². The van der Waals surface area contributed by atoms with Gasteiger partial charge < -0.3 is 15.2 Å². The quantitative estimate of drug-likeness (QED) is 0.474. The van der Waals surface area contributed by atoms with Crippen LogP contribution in [-0.4, -0.2) is 24.0 Å². The highest BCUT2D eigenvalue weighted by Crippen LogP contribution is 2.28. The molecule has 3 N–H and O–H groups in total. The molecule has 0 bridgehead atoms. The third kappa shape index (κ3) is 5.56.